The van der Waals surface area contributed by atoms with Gasteiger partial charge in [-0.2, -0.15) is 10.2 Å². The van der Waals surface area contributed by atoms with Crippen molar-refractivity contribution in [1.82, 2.24) is 19.6 Å². The molecule has 3 aromatic rings. The van der Waals surface area contributed by atoms with E-state index < -0.39 is 6.04 Å². The van der Waals surface area contributed by atoms with Gasteiger partial charge in [0.2, 0.25) is 5.91 Å². The first-order valence-electron chi connectivity index (χ1n) is 8.79. The van der Waals surface area contributed by atoms with Gasteiger partial charge in [0.25, 0.3) is 0 Å². The highest BCUT2D eigenvalue weighted by atomic mass is 35.5. The third-order valence-corrected chi connectivity index (χ3v) is 5.24. The Morgan fingerprint density at radius 2 is 2.04 bits per heavy atom. The standard InChI is InChI=1S/C19H20Cl2FN5O/c1-4-16(27-12(3)17(21)11(2)24-27)19(28)23-18-15(20)10-26(25-18)9-13-6-5-7-14(22)8-13/h5-8,10,16H,4,9H2,1-3H3,(H,23,25,28). The summed E-state index contributed by atoms with van der Waals surface area (Å²) in [6, 6.07) is 5.67. The number of nitrogens with zero attached hydrogens (tertiary/aromatic N) is 4. The maximum Gasteiger partial charge on any atom is 0.250 e. The molecule has 3 rings (SSSR count). The number of hydrogen-bond acceptors (Lipinski definition) is 3. The lowest BCUT2D eigenvalue weighted by Crippen LogP contribution is -2.27. The Balaban J connectivity index is 1.78. The largest absolute Gasteiger partial charge is 0.306 e. The summed E-state index contributed by atoms with van der Waals surface area (Å²) in [4.78, 5) is 12.8. The molecule has 0 radical (unpaired) electrons. The smallest absolute Gasteiger partial charge is 0.250 e. The number of carbonyl (C=O) groups excluding carboxylic acids is 1. The first-order valence-corrected chi connectivity index (χ1v) is 9.55. The molecule has 6 nitrogen and oxygen atoms in total. The van der Waals surface area contributed by atoms with Gasteiger partial charge in [-0.3, -0.25) is 14.2 Å². The van der Waals surface area contributed by atoms with E-state index in [9.17, 15) is 9.18 Å². The van der Waals surface area contributed by atoms with Gasteiger partial charge in [-0.1, -0.05) is 42.3 Å². The lowest BCUT2D eigenvalue weighted by Gasteiger charge is -2.16. The molecule has 1 atom stereocenters. The number of rotatable bonds is 6. The van der Waals surface area contributed by atoms with Crippen LogP contribution in [0.25, 0.3) is 0 Å². The molecule has 9 heteroatoms. The number of aryl methyl sites for hydroxylation is 1. The number of halogens is 3. The van der Waals surface area contributed by atoms with Crippen LogP contribution in [0.5, 0.6) is 0 Å². The molecule has 0 aliphatic rings. The van der Waals surface area contributed by atoms with Crippen LogP contribution in [0, 0.1) is 19.7 Å². The SMILES string of the molecule is CCC(C(=O)Nc1nn(Cc2cccc(F)c2)cc1Cl)n1nc(C)c(Cl)c1C. The molecule has 1 unspecified atom stereocenters. The predicted octanol–water partition coefficient (Wildman–Crippen LogP) is 4.78. The van der Waals surface area contributed by atoms with Crippen LogP contribution < -0.4 is 5.32 Å². The minimum Gasteiger partial charge on any atom is -0.306 e. The number of carbonyl (C=O) groups is 1. The van der Waals surface area contributed by atoms with Gasteiger partial charge in [-0.05, 0) is 38.0 Å². The van der Waals surface area contributed by atoms with E-state index >= 15 is 0 Å². The highest BCUT2D eigenvalue weighted by Gasteiger charge is 2.24. The second-order valence-electron chi connectivity index (χ2n) is 6.50. The fourth-order valence-corrected chi connectivity index (χ4v) is 3.32. The molecule has 0 aliphatic carbocycles. The zero-order valence-electron chi connectivity index (χ0n) is 15.7. The molecule has 0 fully saturated rings. The van der Waals surface area contributed by atoms with E-state index in [0.717, 1.165) is 11.3 Å². The number of hydrogen-bond donors (Lipinski definition) is 1. The molecule has 2 aromatic heterocycles. The van der Waals surface area contributed by atoms with E-state index in [-0.39, 0.29) is 17.5 Å². The second-order valence-corrected chi connectivity index (χ2v) is 7.28. The van der Waals surface area contributed by atoms with Gasteiger partial charge in [-0.15, -0.1) is 0 Å². The first-order chi connectivity index (χ1) is 13.3. The summed E-state index contributed by atoms with van der Waals surface area (Å²) >= 11 is 12.4. The van der Waals surface area contributed by atoms with Crippen LogP contribution in [0.1, 0.15) is 36.3 Å². The molecule has 0 bridgehead atoms. The van der Waals surface area contributed by atoms with E-state index in [2.05, 4.69) is 15.5 Å². The molecule has 0 saturated heterocycles. The van der Waals surface area contributed by atoms with Crippen molar-refractivity contribution >= 4 is 34.9 Å². The number of amides is 1. The van der Waals surface area contributed by atoms with Crippen molar-refractivity contribution < 1.29 is 9.18 Å². The van der Waals surface area contributed by atoms with Crippen molar-refractivity contribution in [2.45, 2.75) is 39.8 Å². The molecular weight excluding hydrogens is 404 g/mol. The van der Waals surface area contributed by atoms with Crippen molar-refractivity contribution in [2.24, 2.45) is 0 Å². The number of nitrogens with one attached hydrogen (secondary N) is 1. The van der Waals surface area contributed by atoms with Crippen LogP contribution >= 0.6 is 23.2 Å². The van der Waals surface area contributed by atoms with Gasteiger partial charge in [0.1, 0.15) is 16.9 Å². The van der Waals surface area contributed by atoms with Gasteiger partial charge >= 0.3 is 0 Å². The summed E-state index contributed by atoms with van der Waals surface area (Å²) in [6.45, 7) is 5.83. The summed E-state index contributed by atoms with van der Waals surface area (Å²) in [5.74, 6) is -0.365. The summed E-state index contributed by atoms with van der Waals surface area (Å²) < 4.78 is 16.5. The topological polar surface area (TPSA) is 64.7 Å². The summed E-state index contributed by atoms with van der Waals surface area (Å²) in [5.41, 5.74) is 2.13. The van der Waals surface area contributed by atoms with E-state index in [1.54, 1.807) is 34.6 Å². The predicted molar refractivity (Wildman–Crippen MR) is 107 cm³/mol. The van der Waals surface area contributed by atoms with E-state index in [1.807, 2.05) is 13.8 Å². The fraction of sp³-hybridized carbons (Fsp3) is 0.316. The van der Waals surface area contributed by atoms with Crippen LogP contribution in [0.4, 0.5) is 10.2 Å². The molecule has 0 spiro atoms. The Morgan fingerprint density at radius 1 is 1.29 bits per heavy atom. The minimum atomic E-state index is -0.546. The van der Waals surface area contributed by atoms with Gasteiger partial charge in [0.05, 0.1) is 23.0 Å². The van der Waals surface area contributed by atoms with Gasteiger partial charge in [0.15, 0.2) is 5.82 Å². The average molecular weight is 424 g/mol. The van der Waals surface area contributed by atoms with Crippen molar-refractivity contribution in [2.75, 3.05) is 5.32 Å². The molecule has 0 aliphatic heterocycles. The maximum atomic E-state index is 13.3. The second kappa shape index (κ2) is 8.32. The Bertz CT molecular complexity index is 1010. The van der Waals surface area contributed by atoms with Crippen molar-refractivity contribution in [1.29, 1.82) is 0 Å². The van der Waals surface area contributed by atoms with Crippen molar-refractivity contribution in [3.63, 3.8) is 0 Å². The maximum absolute atomic E-state index is 13.3. The zero-order valence-corrected chi connectivity index (χ0v) is 17.2. The zero-order chi connectivity index (χ0) is 20.4. The van der Waals surface area contributed by atoms with Gasteiger partial charge < -0.3 is 5.32 Å². The number of aromatic nitrogens is 4. The lowest BCUT2D eigenvalue weighted by atomic mass is 10.2. The third kappa shape index (κ3) is 4.20. The van der Waals surface area contributed by atoms with Crippen LogP contribution in [0.2, 0.25) is 10.0 Å². The molecule has 148 valence electrons. The Labute approximate surface area is 172 Å². The first kappa shape index (κ1) is 20.4. The van der Waals surface area contributed by atoms with Crippen LogP contribution in [-0.2, 0) is 11.3 Å². The average Bonchev–Trinajstić information content (AvgIpc) is 3.10. The summed E-state index contributed by atoms with van der Waals surface area (Å²) in [7, 11) is 0. The van der Waals surface area contributed by atoms with Crippen LogP contribution in [-0.4, -0.2) is 25.5 Å². The van der Waals surface area contributed by atoms with E-state index in [0.29, 0.717) is 28.7 Å². The highest BCUT2D eigenvalue weighted by molar-refractivity contribution is 6.33. The summed E-state index contributed by atoms with van der Waals surface area (Å²) in [5, 5.41) is 12.3. The third-order valence-electron chi connectivity index (χ3n) is 4.41. The quantitative estimate of drug-likeness (QED) is 0.620. The highest BCUT2D eigenvalue weighted by Crippen LogP contribution is 2.26. The lowest BCUT2D eigenvalue weighted by molar-refractivity contribution is -0.119. The van der Waals surface area contributed by atoms with E-state index in [4.69, 9.17) is 23.2 Å². The molecule has 1 aromatic carbocycles. The van der Waals surface area contributed by atoms with Crippen LogP contribution in [0.15, 0.2) is 30.5 Å². The van der Waals surface area contributed by atoms with Crippen molar-refractivity contribution in [3.8, 4) is 0 Å². The fourth-order valence-electron chi connectivity index (χ4n) is 3.00. The minimum absolute atomic E-state index is 0.245. The normalized spacial score (nSPS) is 12.2. The Kier molecular flexibility index (Phi) is 6.05. The number of anilines is 1. The molecule has 28 heavy (non-hydrogen) atoms. The molecule has 1 N–H and O–H groups in total. The molecular formula is C19H20Cl2FN5O. The van der Waals surface area contributed by atoms with E-state index in [1.165, 1.54) is 12.1 Å². The van der Waals surface area contributed by atoms with Gasteiger partial charge in [-0.25, -0.2) is 4.39 Å². The Morgan fingerprint density at radius 3 is 2.64 bits per heavy atom. The number of benzene rings is 1. The Hall–Kier alpha value is -2.38. The molecule has 1 amide bonds. The molecule has 2 heterocycles. The monoisotopic (exact) mass is 423 g/mol. The van der Waals surface area contributed by atoms with Gasteiger partial charge in [0, 0.05) is 6.20 Å². The van der Waals surface area contributed by atoms with Crippen LogP contribution in [0.3, 0.4) is 0 Å². The van der Waals surface area contributed by atoms with Crippen molar-refractivity contribution in [3.05, 3.63) is 63.3 Å². The summed E-state index contributed by atoms with van der Waals surface area (Å²) in [6.07, 6.45) is 2.11. The molecule has 0 saturated carbocycles.